The van der Waals surface area contributed by atoms with Crippen LogP contribution in [0.15, 0.2) is 48.5 Å². The fraction of sp³-hybridized carbons (Fsp3) is 0.519. The van der Waals surface area contributed by atoms with E-state index in [0.717, 1.165) is 37.9 Å². The van der Waals surface area contributed by atoms with Gasteiger partial charge in [0.05, 0.1) is 29.6 Å². The zero-order valence-electron chi connectivity index (χ0n) is 19.9. The Kier molecular flexibility index (Phi) is 13.4. The van der Waals surface area contributed by atoms with Gasteiger partial charge in [-0.1, -0.05) is 58.8 Å². The van der Waals surface area contributed by atoms with Gasteiger partial charge in [0.25, 0.3) is 0 Å². The van der Waals surface area contributed by atoms with Crippen LogP contribution in [0, 0.1) is 0 Å². The molecule has 0 heterocycles. The Morgan fingerprint density at radius 2 is 1.36 bits per heavy atom. The molecule has 2 aromatic rings. The van der Waals surface area contributed by atoms with Gasteiger partial charge in [-0.15, -0.1) is 0 Å². The Balaban J connectivity index is 1.74. The molecule has 0 aromatic heterocycles. The number of esters is 1. The van der Waals surface area contributed by atoms with Crippen LogP contribution in [0.5, 0.6) is 17.2 Å². The number of carbonyl (C=O) groups excluding carboxylic acids is 1. The van der Waals surface area contributed by atoms with Crippen molar-refractivity contribution in [1.82, 2.24) is 0 Å². The lowest BCUT2D eigenvalue weighted by Crippen LogP contribution is -2.14. The van der Waals surface area contributed by atoms with E-state index in [0.29, 0.717) is 42.4 Å². The molecule has 0 fully saturated rings. The summed E-state index contributed by atoms with van der Waals surface area (Å²) >= 11 is 0.365. The van der Waals surface area contributed by atoms with E-state index < -0.39 is 5.97 Å². The molecule has 0 aliphatic rings. The minimum atomic E-state index is -0.443. The Bertz CT molecular complexity index is 780. The van der Waals surface area contributed by atoms with Crippen molar-refractivity contribution in [3.63, 3.8) is 0 Å². The molecule has 2 aromatic carbocycles. The molecule has 0 bridgehead atoms. The third-order valence-electron chi connectivity index (χ3n) is 5.33. The van der Waals surface area contributed by atoms with Crippen molar-refractivity contribution in [1.29, 1.82) is 0 Å². The molecule has 1 atom stereocenters. The molecule has 6 heteroatoms. The molecule has 33 heavy (non-hydrogen) atoms. The number of benzene rings is 2. The van der Waals surface area contributed by atoms with E-state index in [1.54, 1.807) is 48.5 Å². The van der Waals surface area contributed by atoms with Gasteiger partial charge in [0.15, 0.2) is 0 Å². The third kappa shape index (κ3) is 11.0. The first-order chi connectivity index (χ1) is 16.2. The zero-order valence-corrected chi connectivity index (χ0v) is 20.7. The SMILES string of the molecule is CCCCCCCCC(COc1ccc(C(=O)Oc2ccc(OCCCC)cc2)cc1)SF. The van der Waals surface area contributed by atoms with Gasteiger partial charge in [-0.25, -0.2) is 4.79 Å². The molecule has 1 unspecified atom stereocenters. The van der Waals surface area contributed by atoms with Crippen LogP contribution in [0.25, 0.3) is 0 Å². The molecule has 2 rings (SSSR count). The second-order valence-corrected chi connectivity index (χ2v) is 9.01. The van der Waals surface area contributed by atoms with E-state index >= 15 is 0 Å². The van der Waals surface area contributed by atoms with Crippen LogP contribution >= 0.6 is 12.1 Å². The number of hydrogen-bond acceptors (Lipinski definition) is 5. The number of rotatable bonds is 17. The molecule has 0 radical (unpaired) electrons. The van der Waals surface area contributed by atoms with Gasteiger partial charge >= 0.3 is 5.97 Å². The quantitative estimate of drug-likeness (QED) is 0.131. The first-order valence-corrected chi connectivity index (χ1v) is 12.9. The van der Waals surface area contributed by atoms with Crippen LogP contribution in [0.3, 0.4) is 0 Å². The minimum absolute atomic E-state index is 0.172. The minimum Gasteiger partial charge on any atom is -0.494 e. The highest BCUT2D eigenvalue weighted by Gasteiger charge is 2.12. The van der Waals surface area contributed by atoms with Gasteiger partial charge < -0.3 is 14.2 Å². The molecule has 0 saturated carbocycles. The number of unbranched alkanes of at least 4 members (excludes halogenated alkanes) is 6. The van der Waals surface area contributed by atoms with Gasteiger partial charge in [-0.05, 0) is 61.4 Å². The van der Waals surface area contributed by atoms with E-state index in [1.165, 1.54) is 25.7 Å². The van der Waals surface area contributed by atoms with Gasteiger partial charge in [-0.3, -0.25) is 0 Å². The molecule has 0 aliphatic heterocycles. The average Bonchev–Trinajstić information content (AvgIpc) is 2.84. The predicted octanol–water partition coefficient (Wildman–Crippen LogP) is 8.20. The van der Waals surface area contributed by atoms with E-state index in [9.17, 15) is 8.68 Å². The summed E-state index contributed by atoms with van der Waals surface area (Å²) in [5, 5.41) is -0.172. The van der Waals surface area contributed by atoms with Crippen LogP contribution < -0.4 is 14.2 Å². The van der Waals surface area contributed by atoms with Crippen LogP contribution in [-0.4, -0.2) is 24.4 Å². The highest BCUT2D eigenvalue weighted by Crippen LogP contribution is 2.23. The van der Waals surface area contributed by atoms with Gasteiger partial charge in [0.2, 0.25) is 0 Å². The Labute approximate surface area is 202 Å². The van der Waals surface area contributed by atoms with Crippen molar-refractivity contribution < 1.29 is 22.9 Å². The molecule has 0 amide bonds. The van der Waals surface area contributed by atoms with Crippen molar-refractivity contribution in [3.05, 3.63) is 54.1 Å². The van der Waals surface area contributed by atoms with Crippen molar-refractivity contribution >= 4 is 18.1 Å². The molecule has 0 saturated heterocycles. The predicted molar refractivity (Wildman–Crippen MR) is 134 cm³/mol. The first-order valence-electron chi connectivity index (χ1n) is 12.1. The van der Waals surface area contributed by atoms with E-state index in [1.807, 2.05) is 0 Å². The molecule has 182 valence electrons. The molecular formula is C27H37FO4S. The summed E-state index contributed by atoms with van der Waals surface area (Å²) in [5.41, 5.74) is 0.425. The van der Waals surface area contributed by atoms with Crippen molar-refractivity contribution in [3.8, 4) is 17.2 Å². The Hall–Kier alpha value is -2.21. The lowest BCUT2D eigenvalue weighted by Gasteiger charge is -2.13. The molecular weight excluding hydrogens is 439 g/mol. The van der Waals surface area contributed by atoms with Crippen molar-refractivity contribution in [2.45, 2.75) is 76.9 Å². The molecule has 0 aliphatic carbocycles. The number of hydrogen-bond donors (Lipinski definition) is 0. The van der Waals surface area contributed by atoms with E-state index in [2.05, 4.69) is 13.8 Å². The molecule has 4 nitrogen and oxygen atoms in total. The Morgan fingerprint density at radius 1 is 0.788 bits per heavy atom. The third-order valence-corrected chi connectivity index (χ3v) is 5.96. The topological polar surface area (TPSA) is 44.8 Å². The van der Waals surface area contributed by atoms with Gasteiger partial charge in [0, 0.05) is 0 Å². The van der Waals surface area contributed by atoms with Crippen molar-refractivity contribution in [2.75, 3.05) is 13.2 Å². The standard InChI is InChI=1S/C27H37FO4S/c1-3-5-7-8-9-10-11-26(33-28)21-31-24-14-12-22(13-15-24)27(29)32-25-18-16-23(17-19-25)30-20-6-4-2/h12-19,26H,3-11,20-21H2,1-2H3. The first kappa shape index (κ1) is 27.0. The summed E-state index contributed by atoms with van der Waals surface area (Å²) < 4.78 is 30.0. The maximum atomic E-state index is 13.2. The summed E-state index contributed by atoms with van der Waals surface area (Å²) in [4.78, 5) is 12.4. The normalized spacial score (nSPS) is 11.7. The molecule has 0 spiro atoms. The number of carbonyl (C=O) groups is 1. The van der Waals surface area contributed by atoms with Gasteiger partial charge in [0.1, 0.15) is 23.9 Å². The number of ether oxygens (including phenoxy) is 3. The van der Waals surface area contributed by atoms with Crippen LogP contribution in [0.1, 0.15) is 82.0 Å². The van der Waals surface area contributed by atoms with E-state index in [-0.39, 0.29) is 5.25 Å². The lowest BCUT2D eigenvalue weighted by molar-refractivity contribution is 0.0734. The lowest BCUT2D eigenvalue weighted by atomic mass is 10.1. The van der Waals surface area contributed by atoms with Crippen LogP contribution in [-0.2, 0) is 0 Å². The fourth-order valence-corrected chi connectivity index (χ4v) is 3.66. The van der Waals surface area contributed by atoms with Gasteiger partial charge in [-0.2, -0.15) is 3.89 Å². The summed E-state index contributed by atoms with van der Waals surface area (Å²) in [5.74, 6) is 1.38. The second kappa shape index (κ2) is 16.4. The summed E-state index contributed by atoms with van der Waals surface area (Å²) in [6.07, 6.45) is 10.0. The number of halogens is 1. The zero-order chi connectivity index (χ0) is 23.7. The highest BCUT2D eigenvalue weighted by molar-refractivity contribution is 7.94. The average molecular weight is 477 g/mol. The summed E-state index contributed by atoms with van der Waals surface area (Å²) in [6, 6.07) is 13.8. The largest absolute Gasteiger partial charge is 0.494 e. The van der Waals surface area contributed by atoms with Crippen LogP contribution in [0.4, 0.5) is 3.89 Å². The van der Waals surface area contributed by atoms with Crippen LogP contribution in [0.2, 0.25) is 0 Å². The molecule has 0 N–H and O–H groups in total. The maximum absolute atomic E-state index is 13.2. The summed E-state index contributed by atoms with van der Waals surface area (Å²) in [6.45, 7) is 5.30. The smallest absolute Gasteiger partial charge is 0.343 e. The summed E-state index contributed by atoms with van der Waals surface area (Å²) in [7, 11) is 0. The van der Waals surface area contributed by atoms with E-state index in [4.69, 9.17) is 14.2 Å². The Morgan fingerprint density at radius 3 is 2.03 bits per heavy atom. The second-order valence-electron chi connectivity index (χ2n) is 8.17. The van der Waals surface area contributed by atoms with Crippen molar-refractivity contribution in [2.24, 2.45) is 0 Å². The fourth-order valence-electron chi connectivity index (χ4n) is 3.29. The highest BCUT2D eigenvalue weighted by atomic mass is 32.2. The monoisotopic (exact) mass is 476 g/mol. The maximum Gasteiger partial charge on any atom is 0.343 e.